The Morgan fingerprint density at radius 3 is 2.43 bits per heavy atom. The van der Waals surface area contributed by atoms with E-state index in [2.05, 4.69) is 5.32 Å². The average molecular weight is 389 g/mol. The van der Waals surface area contributed by atoms with E-state index in [9.17, 15) is 22.8 Å². The molecule has 0 radical (unpaired) electrons. The molecular formula is C21H18F3NO3. The van der Waals surface area contributed by atoms with E-state index in [0.717, 1.165) is 31.1 Å². The van der Waals surface area contributed by atoms with Crippen LogP contribution in [0.4, 0.5) is 13.2 Å². The highest BCUT2D eigenvalue weighted by Crippen LogP contribution is 2.30. The largest absolute Gasteiger partial charge is 0.444 e. The van der Waals surface area contributed by atoms with Crippen LogP contribution in [0.5, 0.6) is 0 Å². The molecule has 1 aliphatic carbocycles. The summed E-state index contributed by atoms with van der Waals surface area (Å²) in [6, 6.07) is 13.2. The molecule has 0 heterocycles. The van der Waals surface area contributed by atoms with Gasteiger partial charge in [-0.25, -0.2) is 4.79 Å². The van der Waals surface area contributed by atoms with Gasteiger partial charge in [0, 0.05) is 17.7 Å². The van der Waals surface area contributed by atoms with Crippen molar-refractivity contribution in [1.82, 2.24) is 5.32 Å². The predicted octanol–water partition coefficient (Wildman–Crippen LogP) is 4.28. The van der Waals surface area contributed by atoms with Gasteiger partial charge < -0.3 is 10.1 Å². The third-order valence-corrected chi connectivity index (χ3v) is 4.12. The van der Waals surface area contributed by atoms with E-state index >= 15 is 0 Å². The number of ether oxygens (including phenoxy) is 1. The van der Waals surface area contributed by atoms with Crippen molar-refractivity contribution in [2.45, 2.75) is 31.2 Å². The molecule has 3 rings (SSSR count). The van der Waals surface area contributed by atoms with Crippen molar-refractivity contribution >= 4 is 18.0 Å². The summed E-state index contributed by atoms with van der Waals surface area (Å²) in [5.74, 6) is -1.24. The topological polar surface area (TPSA) is 55.4 Å². The molecule has 7 heteroatoms. The Morgan fingerprint density at radius 2 is 1.79 bits per heavy atom. The molecule has 0 bridgehead atoms. The van der Waals surface area contributed by atoms with Gasteiger partial charge in [-0.1, -0.05) is 42.5 Å². The molecule has 0 spiro atoms. The number of benzene rings is 2. The Hall–Kier alpha value is -3.09. The van der Waals surface area contributed by atoms with Crippen LogP contribution in [0.3, 0.4) is 0 Å². The average Bonchev–Trinajstić information content (AvgIpc) is 3.48. The highest BCUT2D eigenvalue weighted by molar-refractivity contribution is 5.91. The van der Waals surface area contributed by atoms with Crippen LogP contribution >= 0.6 is 0 Å². The fraction of sp³-hybridized carbons (Fsp3) is 0.238. The van der Waals surface area contributed by atoms with Crippen molar-refractivity contribution in [3.8, 4) is 0 Å². The van der Waals surface area contributed by atoms with Crippen molar-refractivity contribution in [3.63, 3.8) is 0 Å². The Bertz CT molecular complexity index is 874. The van der Waals surface area contributed by atoms with Crippen LogP contribution in [0.15, 0.2) is 60.7 Å². The normalized spacial score (nSPS) is 15.2. The van der Waals surface area contributed by atoms with Gasteiger partial charge in [-0.15, -0.1) is 0 Å². The Labute approximate surface area is 160 Å². The lowest BCUT2D eigenvalue weighted by Crippen LogP contribution is -2.33. The standard InChI is InChI=1S/C21H18F3NO3/c22-21(23,24)16-8-4-5-14(13-16)9-12-18(26)28-19(15-6-2-1-3-7-15)20(27)25-17-10-11-17/h1-9,12-13,17,19H,10-11H2,(H,25,27)/b12-9+. The second kappa shape index (κ2) is 8.29. The first-order valence-corrected chi connectivity index (χ1v) is 8.74. The zero-order valence-electron chi connectivity index (χ0n) is 14.8. The second-order valence-electron chi connectivity index (χ2n) is 6.47. The van der Waals surface area contributed by atoms with Gasteiger partial charge in [0.2, 0.25) is 6.10 Å². The fourth-order valence-corrected chi connectivity index (χ4v) is 2.54. The van der Waals surface area contributed by atoms with Crippen LogP contribution in [0.1, 0.15) is 35.6 Å². The summed E-state index contributed by atoms with van der Waals surface area (Å²) in [7, 11) is 0. The van der Waals surface area contributed by atoms with E-state index < -0.39 is 29.7 Å². The Balaban J connectivity index is 1.71. The molecule has 28 heavy (non-hydrogen) atoms. The van der Waals surface area contributed by atoms with Crippen molar-refractivity contribution in [2.24, 2.45) is 0 Å². The van der Waals surface area contributed by atoms with Crippen LogP contribution in [-0.4, -0.2) is 17.9 Å². The molecule has 0 aromatic heterocycles. The molecule has 0 saturated heterocycles. The number of nitrogens with one attached hydrogen (secondary N) is 1. The zero-order valence-corrected chi connectivity index (χ0v) is 14.8. The van der Waals surface area contributed by atoms with Crippen LogP contribution in [0.25, 0.3) is 6.08 Å². The maximum absolute atomic E-state index is 12.8. The van der Waals surface area contributed by atoms with Gasteiger partial charge in [0.15, 0.2) is 0 Å². The number of rotatable bonds is 6. The van der Waals surface area contributed by atoms with Crippen molar-refractivity contribution < 1.29 is 27.5 Å². The summed E-state index contributed by atoms with van der Waals surface area (Å²) in [6.07, 6.45) is -1.59. The molecule has 1 unspecified atom stereocenters. The highest BCUT2D eigenvalue weighted by Gasteiger charge is 2.31. The number of alkyl halides is 3. The van der Waals surface area contributed by atoms with E-state index in [1.165, 1.54) is 18.2 Å². The van der Waals surface area contributed by atoms with Crippen molar-refractivity contribution in [2.75, 3.05) is 0 Å². The van der Waals surface area contributed by atoms with Gasteiger partial charge in [0.25, 0.3) is 5.91 Å². The van der Waals surface area contributed by atoms with E-state index in [4.69, 9.17) is 4.74 Å². The fourth-order valence-electron chi connectivity index (χ4n) is 2.54. The first kappa shape index (κ1) is 19.7. The van der Waals surface area contributed by atoms with Crippen molar-refractivity contribution in [3.05, 3.63) is 77.4 Å². The van der Waals surface area contributed by atoms with Crippen LogP contribution in [0, 0.1) is 0 Å². The Kier molecular flexibility index (Phi) is 5.82. The summed E-state index contributed by atoms with van der Waals surface area (Å²) >= 11 is 0. The maximum atomic E-state index is 12.8. The summed E-state index contributed by atoms with van der Waals surface area (Å²) in [5, 5.41) is 2.79. The molecular weight excluding hydrogens is 371 g/mol. The number of hydrogen-bond donors (Lipinski definition) is 1. The highest BCUT2D eigenvalue weighted by atomic mass is 19.4. The van der Waals surface area contributed by atoms with Crippen molar-refractivity contribution in [1.29, 1.82) is 0 Å². The van der Waals surface area contributed by atoms with Crippen LogP contribution in [0.2, 0.25) is 0 Å². The summed E-state index contributed by atoms with van der Waals surface area (Å²) in [4.78, 5) is 24.6. The minimum atomic E-state index is -4.47. The maximum Gasteiger partial charge on any atom is 0.416 e. The van der Waals surface area contributed by atoms with E-state index in [1.54, 1.807) is 30.3 Å². The van der Waals surface area contributed by atoms with Gasteiger partial charge in [0.1, 0.15) is 0 Å². The van der Waals surface area contributed by atoms with Gasteiger partial charge in [-0.05, 0) is 36.6 Å². The number of esters is 1. The molecule has 1 fully saturated rings. The molecule has 1 saturated carbocycles. The zero-order chi connectivity index (χ0) is 20.1. The smallest absolute Gasteiger partial charge is 0.416 e. The molecule has 1 N–H and O–H groups in total. The second-order valence-corrected chi connectivity index (χ2v) is 6.47. The number of halogens is 3. The third-order valence-electron chi connectivity index (χ3n) is 4.12. The number of carbonyl (C=O) groups excluding carboxylic acids is 2. The summed E-state index contributed by atoms with van der Waals surface area (Å²) < 4.78 is 43.6. The lowest BCUT2D eigenvalue weighted by molar-refractivity contribution is -0.151. The quantitative estimate of drug-likeness (QED) is 0.593. The number of amides is 1. The summed E-state index contributed by atoms with van der Waals surface area (Å²) in [6.45, 7) is 0. The number of hydrogen-bond acceptors (Lipinski definition) is 3. The van der Waals surface area contributed by atoms with Gasteiger partial charge in [-0.3, -0.25) is 4.79 Å². The molecule has 0 aliphatic heterocycles. The third kappa shape index (κ3) is 5.45. The van der Waals surface area contributed by atoms with Gasteiger partial charge in [0.05, 0.1) is 5.56 Å². The van der Waals surface area contributed by atoms with Crippen LogP contribution < -0.4 is 5.32 Å². The molecule has 146 valence electrons. The minimum absolute atomic E-state index is 0.0954. The van der Waals surface area contributed by atoms with E-state index in [1.807, 2.05) is 0 Å². The first-order valence-electron chi connectivity index (χ1n) is 8.74. The van der Waals surface area contributed by atoms with E-state index in [0.29, 0.717) is 5.56 Å². The lowest BCUT2D eigenvalue weighted by Gasteiger charge is -2.17. The molecule has 1 aliphatic rings. The van der Waals surface area contributed by atoms with Gasteiger partial charge in [-0.2, -0.15) is 13.2 Å². The SMILES string of the molecule is O=C(/C=C/c1cccc(C(F)(F)F)c1)OC(C(=O)NC1CC1)c1ccccc1. The molecule has 4 nitrogen and oxygen atoms in total. The Morgan fingerprint density at radius 1 is 1.07 bits per heavy atom. The van der Waals surface area contributed by atoms with Gasteiger partial charge >= 0.3 is 12.1 Å². The minimum Gasteiger partial charge on any atom is -0.444 e. The molecule has 2 aromatic rings. The molecule has 2 aromatic carbocycles. The van der Waals surface area contributed by atoms with E-state index in [-0.39, 0.29) is 11.6 Å². The predicted molar refractivity (Wildman–Crippen MR) is 96.9 cm³/mol. The molecule has 1 atom stereocenters. The summed E-state index contributed by atoms with van der Waals surface area (Å²) in [5.41, 5.74) is -0.0964. The monoisotopic (exact) mass is 389 g/mol. The van der Waals surface area contributed by atoms with Crippen LogP contribution in [-0.2, 0) is 20.5 Å². The number of carbonyl (C=O) groups is 2. The molecule has 1 amide bonds. The lowest BCUT2D eigenvalue weighted by atomic mass is 10.1. The first-order chi connectivity index (χ1) is 13.3.